The summed E-state index contributed by atoms with van der Waals surface area (Å²) in [6.45, 7) is 2.29. The Bertz CT molecular complexity index is 1400. The van der Waals surface area contributed by atoms with Crippen LogP contribution >= 0.6 is 23.4 Å². The molecule has 2 heterocycles. The van der Waals surface area contributed by atoms with Gasteiger partial charge in [-0.1, -0.05) is 65.8 Å². The average Bonchev–Trinajstić information content (AvgIpc) is 3.12. The molecule has 0 unspecified atom stereocenters. The molecule has 1 fully saturated rings. The summed E-state index contributed by atoms with van der Waals surface area (Å²) in [5, 5.41) is 1.22. The number of hydrogen-bond acceptors (Lipinski definition) is 6. The van der Waals surface area contributed by atoms with Crippen LogP contribution in [0.25, 0.3) is 22.2 Å². The maximum absolute atomic E-state index is 13.3. The highest BCUT2D eigenvalue weighted by Crippen LogP contribution is 2.38. The number of nitrogens with zero attached hydrogens (tertiary/aromatic N) is 3. The standard InChI is InChI=1S/C26H20ClN3O3S/c1-2-33-21-11-7-6-10-20(21)30-23(31)15-22(25(30)32)34-26-28-19-13-12-17(27)14-18(19)24(29-26)16-8-4-3-5-9-16/h3-14,22H,2,15H2,1H3/t22-/m0/s1. The largest absolute Gasteiger partial charge is 0.492 e. The van der Waals surface area contributed by atoms with Crippen molar-refractivity contribution in [3.63, 3.8) is 0 Å². The minimum Gasteiger partial charge on any atom is -0.492 e. The minimum atomic E-state index is -0.629. The number of ether oxygens (including phenoxy) is 1. The van der Waals surface area contributed by atoms with E-state index in [-0.39, 0.29) is 18.2 Å². The number of benzene rings is 3. The van der Waals surface area contributed by atoms with E-state index in [0.29, 0.717) is 28.2 Å². The van der Waals surface area contributed by atoms with E-state index in [1.165, 1.54) is 16.7 Å². The minimum absolute atomic E-state index is 0.0621. The van der Waals surface area contributed by atoms with E-state index in [1.54, 1.807) is 24.3 Å². The molecule has 0 spiro atoms. The fourth-order valence-electron chi connectivity index (χ4n) is 3.94. The van der Waals surface area contributed by atoms with Gasteiger partial charge < -0.3 is 4.74 Å². The lowest BCUT2D eigenvalue weighted by molar-refractivity contribution is -0.121. The van der Waals surface area contributed by atoms with E-state index in [4.69, 9.17) is 21.3 Å². The van der Waals surface area contributed by atoms with Crippen LogP contribution in [0.2, 0.25) is 5.02 Å². The number of thioether (sulfide) groups is 1. The predicted octanol–water partition coefficient (Wildman–Crippen LogP) is 5.77. The van der Waals surface area contributed by atoms with Crippen molar-refractivity contribution >= 4 is 51.8 Å². The van der Waals surface area contributed by atoms with Crippen LogP contribution in [0.3, 0.4) is 0 Å². The number of carbonyl (C=O) groups excluding carboxylic acids is 2. The molecule has 34 heavy (non-hydrogen) atoms. The Morgan fingerprint density at radius 3 is 2.59 bits per heavy atom. The molecule has 1 atom stereocenters. The van der Waals surface area contributed by atoms with Crippen LogP contribution < -0.4 is 9.64 Å². The smallest absolute Gasteiger partial charge is 0.248 e. The number of halogens is 1. The molecular formula is C26H20ClN3O3S. The van der Waals surface area contributed by atoms with Gasteiger partial charge in [-0.25, -0.2) is 14.9 Å². The number of carbonyl (C=O) groups is 2. The number of para-hydroxylation sites is 2. The van der Waals surface area contributed by atoms with Gasteiger partial charge in [0, 0.05) is 22.4 Å². The first-order chi connectivity index (χ1) is 16.5. The summed E-state index contributed by atoms with van der Waals surface area (Å²) in [7, 11) is 0. The molecule has 0 N–H and O–H groups in total. The van der Waals surface area contributed by atoms with Gasteiger partial charge in [-0.2, -0.15) is 0 Å². The number of hydrogen-bond donors (Lipinski definition) is 0. The van der Waals surface area contributed by atoms with Crippen LogP contribution in [-0.4, -0.2) is 33.6 Å². The van der Waals surface area contributed by atoms with E-state index in [0.717, 1.165) is 22.2 Å². The number of fused-ring (bicyclic) bond motifs is 1. The summed E-state index contributed by atoms with van der Waals surface area (Å²) in [6, 6.07) is 22.3. The molecule has 1 aliphatic heterocycles. The summed E-state index contributed by atoms with van der Waals surface area (Å²) in [6.07, 6.45) is 0.0621. The Morgan fingerprint density at radius 1 is 1.03 bits per heavy atom. The number of rotatable bonds is 6. The first kappa shape index (κ1) is 22.4. The number of amides is 2. The predicted molar refractivity (Wildman–Crippen MR) is 134 cm³/mol. The summed E-state index contributed by atoms with van der Waals surface area (Å²) in [5.74, 6) is -0.0729. The monoisotopic (exact) mass is 489 g/mol. The number of anilines is 1. The summed E-state index contributed by atoms with van der Waals surface area (Å²) in [4.78, 5) is 36.8. The first-order valence-electron chi connectivity index (χ1n) is 10.8. The molecule has 3 aromatic carbocycles. The normalized spacial score (nSPS) is 15.8. The van der Waals surface area contributed by atoms with Crippen LogP contribution in [0.1, 0.15) is 13.3 Å². The lowest BCUT2D eigenvalue weighted by Gasteiger charge is -2.18. The van der Waals surface area contributed by atoms with Crippen molar-refractivity contribution < 1.29 is 14.3 Å². The highest BCUT2D eigenvalue weighted by molar-refractivity contribution is 8.00. The zero-order chi connectivity index (χ0) is 23.7. The molecule has 170 valence electrons. The topological polar surface area (TPSA) is 72.4 Å². The lowest BCUT2D eigenvalue weighted by atomic mass is 10.1. The van der Waals surface area contributed by atoms with E-state index in [1.807, 2.05) is 55.5 Å². The summed E-state index contributed by atoms with van der Waals surface area (Å²) in [5.41, 5.74) is 2.82. The van der Waals surface area contributed by atoms with Crippen LogP contribution in [0.5, 0.6) is 5.75 Å². The van der Waals surface area contributed by atoms with Gasteiger partial charge in [0.05, 0.1) is 23.5 Å². The maximum Gasteiger partial charge on any atom is 0.248 e. The summed E-state index contributed by atoms with van der Waals surface area (Å²) >= 11 is 7.44. The Kier molecular flexibility index (Phi) is 6.22. The SMILES string of the molecule is CCOc1ccccc1N1C(=O)C[C@H](Sc2nc(-c3ccccc3)c3cc(Cl)ccc3n2)C1=O. The van der Waals surface area contributed by atoms with Crippen molar-refractivity contribution in [2.45, 2.75) is 23.8 Å². The molecule has 1 aliphatic rings. The average molecular weight is 490 g/mol. The molecular weight excluding hydrogens is 470 g/mol. The zero-order valence-corrected chi connectivity index (χ0v) is 19.8. The molecule has 1 aromatic heterocycles. The van der Waals surface area contributed by atoms with Gasteiger partial charge in [-0.15, -0.1) is 0 Å². The Hall–Kier alpha value is -3.42. The van der Waals surface area contributed by atoms with Gasteiger partial charge >= 0.3 is 0 Å². The fourth-order valence-corrected chi connectivity index (χ4v) is 5.10. The molecule has 0 radical (unpaired) electrons. The number of imide groups is 1. The molecule has 1 saturated heterocycles. The van der Waals surface area contributed by atoms with Crippen molar-refractivity contribution in [3.8, 4) is 17.0 Å². The van der Waals surface area contributed by atoms with Gasteiger partial charge in [0.2, 0.25) is 11.8 Å². The van der Waals surface area contributed by atoms with Crippen molar-refractivity contribution in [1.82, 2.24) is 9.97 Å². The maximum atomic E-state index is 13.3. The highest BCUT2D eigenvalue weighted by atomic mass is 35.5. The van der Waals surface area contributed by atoms with E-state index >= 15 is 0 Å². The van der Waals surface area contributed by atoms with Crippen molar-refractivity contribution in [2.75, 3.05) is 11.5 Å². The van der Waals surface area contributed by atoms with Crippen molar-refractivity contribution in [1.29, 1.82) is 0 Å². The molecule has 0 aliphatic carbocycles. The van der Waals surface area contributed by atoms with Gasteiger partial charge in [0.1, 0.15) is 11.0 Å². The second kappa shape index (κ2) is 9.44. The van der Waals surface area contributed by atoms with Gasteiger partial charge in [-0.05, 0) is 37.3 Å². The lowest BCUT2D eigenvalue weighted by Crippen LogP contribution is -2.31. The van der Waals surface area contributed by atoms with Crippen LogP contribution in [0.15, 0.2) is 78.0 Å². The first-order valence-corrected chi connectivity index (χ1v) is 12.1. The number of aromatic nitrogens is 2. The molecule has 6 nitrogen and oxygen atoms in total. The third-order valence-corrected chi connectivity index (χ3v) is 6.72. The van der Waals surface area contributed by atoms with E-state index < -0.39 is 5.25 Å². The second-order valence-corrected chi connectivity index (χ2v) is 9.27. The molecule has 2 amide bonds. The quantitative estimate of drug-likeness (QED) is 0.253. The third-order valence-electron chi connectivity index (χ3n) is 5.44. The van der Waals surface area contributed by atoms with Crippen molar-refractivity contribution in [3.05, 3.63) is 77.8 Å². The van der Waals surface area contributed by atoms with Gasteiger partial charge in [0.15, 0.2) is 5.16 Å². The Morgan fingerprint density at radius 2 is 1.79 bits per heavy atom. The molecule has 4 aromatic rings. The van der Waals surface area contributed by atoms with Crippen LogP contribution in [-0.2, 0) is 9.59 Å². The third kappa shape index (κ3) is 4.24. The van der Waals surface area contributed by atoms with E-state index in [2.05, 4.69) is 4.98 Å². The van der Waals surface area contributed by atoms with Crippen LogP contribution in [0.4, 0.5) is 5.69 Å². The second-order valence-electron chi connectivity index (χ2n) is 7.66. The highest BCUT2D eigenvalue weighted by Gasteiger charge is 2.41. The fraction of sp³-hybridized carbons (Fsp3) is 0.154. The molecule has 0 bridgehead atoms. The molecule has 8 heteroatoms. The van der Waals surface area contributed by atoms with Gasteiger partial charge in [0.25, 0.3) is 0 Å². The summed E-state index contributed by atoms with van der Waals surface area (Å²) < 4.78 is 5.63. The van der Waals surface area contributed by atoms with E-state index in [9.17, 15) is 9.59 Å². The molecule has 0 saturated carbocycles. The van der Waals surface area contributed by atoms with Crippen LogP contribution in [0, 0.1) is 0 Å². The van der Waals surface area contributed by atoms with Crippen molar-refractivity contribution in [2.24, 2.45) is 0 Å². The molecule has 5 rings (SSSR count). The van der Waals surface area contributed by atoms with Gasteiger partial charge in [-0.3, -0.25) is 9.59 Å². The zero-order valence-electron chi connectivity index (χ0n) is 18.3. The Balaban J connectivity index is 1.50. The Labute approximate surface area is 205 Å².